The van der Waals surface area contributed by atoms with Gasteiger partial charge in [0.15, 0.2) is 0 Å². The van der Waals surface area contributed by atoms with Crippen molar-refractivity contribution in [2.45, 2.75) is 82.7 Å². The maximum absolute atomic E-state index is 13.9. The number of hydrogen-bond donors (Lipinski definition) is 1. The SMILES string of the molecule is CCCCC1=NC2(CCCC2)C(=O)N1Cc1ccc(-c2ccccc2S(=O)(=O)Nc2onc(C)c2C)c(N(C)C(=O)c2cccn2C)c1. The fraction of sp³-hybridized carbons (Fsp3) is 0.389. The topological polar surface area (TPSA) is 130 Å². The molecule has 2 aliphatic rings. The van der Waals surface area contributed by atoms with Crippen LogP contribution in [0.1, 0.15) is 79.2 Å². The monoisotopic (exact) mass is 670 g/mol. The van der Waals surface area contributed by atoms with Gasteiger partial charge in [-0.1, -0.05) is 61.7 Å². The number of hydrogen-bond acceptors (Lipinski definition) is 7. The van der Waals surface area contributed by atoms with Crippen LogP contribution < -0.4 is 9.62 Å². The Morgan fingerprint density at radius 3 is 2.48 bits per heavy atom. The molecule has 3 heterocycles. The number of aryl methyl sites for hydroxylation is 2. The van der Waals surface area contributed by atoms with Crippen LogP contribution in [-0.2, 0) is 28.4 Å². The van der Waals surface area contributed by atoms with Gasteiger partial charge in [0.25, 0.3) is 21.8 Å². The van der Waals surface area contributed by atoms with E-state index in [4.69, 9.17) is 9.52 Å². The first-order valence-electron chi connectivity index (χ1n) is 16.4. The van der Waals surface area contributed by atoms with Crippen LogP contribution in [0.25, 0.3) is 11.1 Å². The summed E-state index contributed by atoms with van der Waals surface area (Å²) in [6, 6.07) is 15.8. The predicted octanol–water partition coefficient (Wildman–Crippen LogP) is 6.62. The molecule has 1 aliphatic carbocycles. The first kappa shape index (κ1) is 33.2. The van der Waals surface area contributed by atoms with Crippen molar-refractivity contribution in [3.05, 3.63) is 83.3 Å². The molecule has 1 fully saturated rings. The lowest BCUT2D eigenvalue weighted by molar-refractivity contribution is -0.131. The van der Waals surface area contributed by atoms with Crippen LogP contribution in [0.15, 0.2) is 75.2 Å². The summed E-state index contributed by atoms with van der Waals surface area (Å²) in [7, 11) is -0.662. The minimum absolute atomic E-state index is 0.0130. The third kappa shape index (κ3) is 6.05. The van der Waals surface area contributed by atoms with Crippen molar-refractivity contribution in [1.29, 1.82) is 0 Å². The van der Waals surface area contributed by atoms with Crippen molar-refractivity contribution in [2.75, 3.05) is 16.7 Å². The van der Waals surface area contributed by atoms with Crippen molar-refractivity contribution in [2.24, 2.45) is 12.0 Å². The number of nitrogens with zero attached hydrogens (tertiary/aromatic N) is 5. The summed E-state index contributed by atoms with van der Waals surface area (Å²) in [5, 5.41) is 3.88. The number of aliphatic imine (C=N–C) groups is 1. The van der Waals surface area contributed by atoms with E-state index in [0.29, 0.717) is 40.3 Å². The van der Waals surface area contributed by atoms with E-state index in [1.807, 2.05) is 23.1 Å². The van der Waals surface area contributed by atoms with Crippen molar-refractivity contribution < 1.29 is 22.5 Å². The van der Waals surface area contributed by atoms with E-state index in [0.717, 1.165) is 56.3 Å². The standard InChI is InChI=1S/C36H42N6O5S/c1-6-7-16-32-37-36(19-10-11-20-36)35(44)42(32)23-26-17-18-27(30(22-26)41(5)34(43)29-14-12-21-40(29)4)28-13-8-9-15-31(28)48(45,46)39-33-24(2)25(3)38-47-33/h8-9,12-15,17-18,21-22,39H,6-7,10-11,16,19-20,23H2,1-5H3. The van der Waals surface area contributed by atoms with Gasteiger partial charge in [-0.3, -0.25) is 19.5 Å². The molecule has 6 rings (SSSR count). The van der Waals surface area contributed by atoms with Crippen LogP contribution in [-0.4, -0.2) is 53.3 Å². The molecule has 12 heteroatoms. The second-order valence-corrected chi connectivity index (χ2v) is 14.5. The van der Waals surface area contributed by atoms with E-state index >= 15 is 0 Å². The molecule has 0 saturated heterocycles. The molecule has 1 N–H and O–H groups in total. The van der Waals surface area contributed by atoms with Gasteiger partial charge in [-0.25, -0.2) is 13.1 Å². The Morgan fingerprint density at radius 2 is 1.81 bits per heavy atom. The van der Waals surface area contributed by atoms with Gasteiger partial charge in [0.05, 0.1) is 22.8 Å². The number of rotatable bonds is 11. The van der Waals surface area contributed by atoms with Gasteiger partial charge < -0.3 is 14.0 Å². The summed E-state index contributed by atoms with van der Waals surface area (Å²) >= 11 is 0. The number of anilines is 2. The van der Waals surface area contributed by atoms with Gasteiger partial charge in [0.1, 0.15) is 17.1 Å². The number of nitrogens with one attached hydrogen (secondary N) is 1. The van der Waals surface area contributed by atoms with Gasteiger partial charge in [0.2, 0.25) is 5.88 Å². The molecule has 2 amide bonds. The molecule has 1 aliphatic heterocycles. The van der Waals surface area contributed by atoms with E-state index in [9.17, 15) is 18.0 Å². The summed E-state index contributed by atoms with van der Waals surface area (Å²) in [5.74, 6) is 0.651. The molecule has 0 bridgehead atoms. The van der Waals surface area contributed by atoms with Crippen molar-refractivity contribution in [3.63, 3.8) is 0 Å². The van der Waals surface area contributed by atoms with Crippen LogP contribution >= 0.6 is 0 Å². The second-order valence-electron chi connectivity index (χ2n) is 12.8. The van der Waals surface area contributed by atoms with Gasteiger partial charge in [-0.05, 0) is 62.9 Å². The van der Waals surface area contributed by atoms with E-state index in [2.05, 4.69) is 16.8 Å². The second kappa shape index (κ2) is 13.1. The molecule has 48 heavy (non-hydrogen) atoms. The molecule has 0 atom stereocenters. The van der Waals surface area contributed by atoms with Gasteiger partial charge in [0, 0.05) is 43.4 Å². The van der Waals surface area contributed by atoms with Crippen LogP contribution in [0.4, 0.5) is 11.6 Å². The minimum atomic E-state index is -4.14. The molecule has 1 saturated carbocycles. The highest BCUT2D eigenvalue weighted by Gasteiger charge is 2.49. The van der Waals surface area contributed by atoms with Crippen LogP contribution in [0.2, 0.25) is 0 Å². The molecule has 4 aromatic rings. The molecule has 1 spiro atoms. The summed E-state index contributed by atoms with van der Waals surface area (Å²) in [6.45, 7) is 5.89. The number of benzene rings is 2. The molecule has 0 radical (unpaired) electrons. The molecule has 0 unspecified atom stereocenters. The largest absolute Gasteiger partial charge is 0.347 e. The molecule has 2 aromatic carbocycles. The molecule has 252 valence electrons. The zero-order valence-corrected chi connectivity index (χ0v) is 28.9. The summed E-state index contributed by atoms with van der Waals surface area (Å²) in [6.07, 6.45) is 7.96. The van der Waals surface area contributed by atoms with Crippen molar-refractivity contribution in [3.8, 4) is 11.1 Å². The third-order valence-electron chi connectivity index (χ3n) is 9.57. The Balaban J connectivity index is 1.43. The van der Waals surface area contributed by atoms with E-state index in [1.54, 1.807) is 69.0 Å². The predicted molar refractivity (Wildman–Crippen MR) is 186 cm³/mol. The maximum atomic E-state index is 13.9. The normalized spacial score (nSPS) is 15.7. The fourth-order valence-electron chi connectivity index (χ4n) is 6.64. The average molecular weight is 671 g/mol. The molecule has 2 aromatic heterocycles. The first-order valence-corrected chi connectivity index (χ1v) is 17.9. The van der Waals surface area contributed by atoms with E-state index in [-0.39, 0.29) is 22.6 Å². The number of sulfonamides is 1. The minimum Gasteiger partial charge on any atom is -0.347 e. The highest BCUT2D eigenvalue weighted by molar-refractivity contribution is 7.92. The Bertz CT molecular complexity index is 2000. The quantitative estimate of drug-likeness (QED) is 0.191. The highest BCUT2D eigenvalue weighted by Crippen LogP contribution is 2.41. The number of carbonyl (C=O) groups excluding carboxylic acids is 2. The Hall–Kier alpha value is -4.71. The smallest absolute Gasteiger partial charge is 0.274 e. The zero-order valence-electron chi connectivity index (χ0n) is 28.1. The van der Waals surface area contributed by atoms with Crippen molar-refractivity contribution in [1.82, 2.24) is 14.6 Å². The number of amidine groups is 1. The third-order valence-corrected chi connectivity index (χ3v) is 11.0. The fourth-order valence-corrected chi connectivity index (χ4v) is 7.91. The van der Waals surface area contributed by atoms with Crippen LogP contribution in [0, 0.1) is 13.8 Å². The van der Waals surface area contributed by atoms with Crippen LogP contribution in [0.3, 0.4) is 0 Å². The van der Waals surface area contributed by atoms with E-state index in [1.165, 1.54) is 11.0 Å². The summed E-state index contributed by atoms with van der Waals surface area (Å²) < 4.78 is 37.2. The lowest BCUT2D eigenvalue weighted by Crippen LogP contribution is -2.40. The Morgan fingerprint density at radius 1 is 1.06 bits per heavy atom. The lowest BCUT2D eigenvalue weighted by Gasteiger charge is -2.26. The Labute approximate surface area is 281 Å². The van der Waals surface area contributed by atoms with Gasteiger partial charge in [-0.2, -0.15) is 0 Å². The van der Waals surface area contributed by atoms with E-state index < -0.39 is 15.6 Å². The molecular weight excluding hydrogens is 628 g/mol. The number of unbranched alkanes of at least 4 members (excludes halogenated alkanes) is 1. The molecular formula is C36H42N6O5S. The molecule has 11 nitrogen and oxygen atoms in total. The number of amides is 2. The zero-order chi connectivity index (χ0) is 34.2. The van der Waals surface area contributed by atoms with Crippen LogP contribution in [0.5, 0.6) is 0 Å². The first-order chi connectivity index (χ1) is 23.0. The van der Waals surface area contributed by atoms with Crippen molar-refractivity contribution >= 4 is 39.2 Å². The summed E-state index contributed by atoms with van der Waals surface area (Å²) in [5.41, 5.74) is 3.23. The maximum Gasteiger partial charge on any atom is 0.274 e. The lowest BCUT2D eigenvalue weighted by atomic mass is 9.97. The average Bonchev–Trinajstić information content (AvgIpc) is 3.86. The number of aromatic nitrogens is 2. The highest BCUT2D eigenvalue weighted by atomic mass is 32.2. The Kier molecular flexibility index (Phi) is 9.04. The number of carbonyl (C=O) groups is 2. The summed E-state index contributed by atoms with van der Waals surface area (Å²) in [4.78, 5) is 36.2. The van der Waals surface area contributed by atoms with Gasteiger partial charge >= 0.3 is 0 Å². The van der Waals surface area contributed by atoms with Gasteiger partial charge in [-0.15, -0.1) is 0 Å².